The lowest BCUT2D eigenvalue weighted by Gasteiger charge is -2.25. The van der Waals surface area contributed by atoms with E-state index in [0.717, 1.165) is 19.4 Å². The molecule has 1 saturated heterocycles. The molecule has 1 heterocycles. The molecule has 0 spiro atoms. The Bertz CT molecular complexity index is 641. The van der Waals surface area contributed by atoms with Crippen molar-refractivity contribution in [1.82, 2.24) is 10.2 Å². The van der Waals surface area contributed by atoms with E-state index in [1.807, 2.05) is 7.05 Å². The average molecular weight is 315 g/mol. The summed E-state index contributed by atoms with van der Waals surface area (Å²) in [6, 6.07) is 6.56. The fourth-order valence-corrected chi connectivity index (χ4v) is 3.70. The molecule has 3 amide bonds. The van der Waals surface area contributed by atoms with E-state index in [4.69, 9.17) is 5.73 Å². The highest BCUT2D eigenvalue weighted by Gasteiger charge is 2.40. The molecule has 122 valence electrons. The molecule has 2 aliphatic rings. The number of amides is 3. The average Bonchev–Trinajstić information content (AvgIpc) is 2.96. The summed E-state index contributed by atoms with van der Waals surface area (Å²) in [4.78, 5) is 37.0. The topological polar surface area (TPSA) is 92.5 Å². The lowest BCUT2D eigenvalue weighted by Crippen LogP contribution is -2.38. The van der Waals surface area contributed by atoms with Crippen molar-refractivity contribution < 1.29 is 14.4 Å². The van der Waals surface area contributed by atoms with Crippen molar-refractivity contribution in [1.29, 1.82) is 0 Å². The van der Waals surface area contributed by atoms with Gasteiger partial charge in [-0.25, -0.2) is 0 Å². The summed E-state index contributed by atoms with van der Waals surface area (Å²) in [7, 11) is 1.81. The Labute approximate surface area is 135 Å². The summed E-state index contributed by atoms with van der Waals surface area (Å²) in [5.74, 6) is 0.382. The highest BCUT2D eigenvalue weighted by molar-refractivity contribution is 5.97. The maximum absolute atomic E-state index is 12.6. The van der Waals surface area contributed by atoms with E-state index in [2.05, 4.69) is 5.32 Å². The van der Waals surface area contributed by atoms with Gasteiger partial charge in [0.25, 0.3) is 5.91 Å². The molecule has 1 aromatic rings. The first kappa shape index (κ1) is 15.5. The molecule has 3 rings (SSSR count). The molecule has 0 unspecified atom stereocenters. The number of primary amides is 1. The van der Waals surface area contributed by atoms with Gasteiger partial charge in [0.05, 0.1) is 0 Å². The van der Waals surface area contributed by atoms with Crippen molar-refractivity contribution in [3.05, 3.63) is 35.4 Å². The summed E-state index contributed by atoms with van der Waals surface area (Å²) in [5.41, 5.74) is 6.14. The summed E-state index contributed by atoms with van der Waals surface area (Å²) >= 11 is 0. The molecule has 2 fully saturated rings. The summed E-state index contributed by atoms with van der Waals surface area (Å²) < 4.78 is 0. The number of hydrogen-bond acceptors (Lipinski definition) is 3. The smallest absolute Gasteiger partial charge is 0.253 e. The number of nitrogens with two attached hydrogens (primary N) is 1. The van der Waals surface area contributed by atoms with Crippen LogP contribution in [0.25, 0.3) is 0 Å². The summed E-state index contributed by atoms with van der Waals surface area (Å²) in [6.07, 6.45) is 2.36. The second kappa shape index (κ2) is 6.02. The normalized spacial score (nSPS) is 26.3. The molecule has 1 saturated carbocycles. The van der Waals surface area contributed by atoms with E-state index >= 15 is 0 Å². The molecule has 0 radical (unpaired) electrons. The minimum Gasteiger partial charge on any atom is -0.366 e. The first-order valence-electron chi connectivity index (χ1n) is 7.89. The van der Waals surface area contributed by atoms with Gasteiger partial charge in [0.15, 0.2) is 0 Å². The molecule has 3 atom stereocenters. The van der Waals surface area contributed by atoms with Crippen LogP contribution < -0.4 is 11.1 Å². The number of benzene rings is 1. The predicted molar refractivity (Wildman–Crippen MR) is 84.7 cm³/mol. The molecule has 6 nitrogen and oxygen atoms in total. The Kier molecular flexibility index (Phi) is 4.07. The molecule has 0 bridgehead atoms. The number of rotatable bonds is 3. The van der Waals surface area contributed by atoms with Crippen molar-refractivity contribution in [3.63, 3.8) is 0 Å². The fourth-order valence-electron chi connectivity index (χ4n) is 3.70. The summed E-state index contributed by atoms with van der Waals surface area (Å²) in [6.45, 7) is 0.718. The Hall–Kier alpha value is -2.37. The van der Waals surface area contributed by atoms with E-state index in [0.29, 0.717) is 29.4 Å². The molecule has 1 aromatic carbocycles. The fraction of sp³-hybridized carbons (Fsp3) is 0.471. The monoisotopic (exact) mass is 315 g/mol. The second-order valence-corrected chi connectivity index (χ2v) is 6.51. The lowest BCUT2D eigenvalue weighted by molar-refractivity contribution is -0.124. The molecule has 3 N–H and O–H groups in total. The van der Waals surface area contributed by atoms with Crippen molar-refractivity contribution >= 4 is 17.7 Å². The van der Waals surface area contributed by atoms with E-state index in [-0.39, 0.29) is 17.9 Å². The van der Waals surface area contributed by atoms with Gasteiger partial charge in [-0.2, -0.15) is 0 Å². The largest absolute Gasteiger partial charge is 0.366 e. The van der Waals surface area contributed by atoms with Gasteiger partial charge in [0.2, 0.25) is 11.8 Å². The van der Waals surface area contributed by atoms with Crippen LogP contribution in [0.15, 0.2) is 24.3 Å². The quantitative estimate of drug-likeness (QED) is 0.863. The van der Waals surface area contributed by atoms with Crippen LogP contribution in [0.4, 0.5) is 0 Å². The van der Waals surface area contributed by atoms with Gasteiger partial charge in [-0.1, -0.05) is 0 Å². The van der Waals surface area contributed by atoms with E-state index in [1.165, 1.54) is 0 Å². The van der Waals surface area contributed by atoms with Crippen molar-refractivity contribution in [2.45, 2.75) is 25.3 Å². The maximum atomic E-state index is 12.6. The maximum Gasteiger partial charge on any atom is 0.253 e. The predicted octanol–water partition coefficient (Wildman–Crippen LogP) is 0.772. The third-order valence-electron chi connectivity index (χ3n) is 5.11. The highest BCUT2D eigenvalue weighted by Crippen LogP contribution is 2.38. The Morgan fingerprint density at radius 2 is 1.74 bits per heavy atom. The van der Waals surface area contributed by atoms with Crippen LogP contribution in [0.2, 0.25) is 0 Å². The van der Waals surface area contributed by atoms with Crippen LogP contribution in [-0.4, -0.2) is 42.3 Å². The van der Waals surface area contributed by atoms with Crippen LogP contribution >= 0.6 is 0 Å². The van der Waals surface area contributed by atoms with Gasteiger partial charge in [0, 0.05) is 37.2 Å². The van der Waals surface area contributed by atoms with Gasteiger partial charge in [-0.3, -0.25) is 14.4 Å². The number of piperidine rings is 1. The Morgan fingerprint density at radius 3 is 2.39 bits per heavy atom. The zero-order chi connectivity index (χ0) is 16.6. The van der Waals surface area contributed by atoms with Crippen LogP contribution in [0, 0.1) is 11.8 Å². The SMILES string of the molecule is CN(C(=O)c1ccc(C(N)=O)cc1)[C@H]1C[C@H]2CNC(=O)C[C@H]2C1. The molecular weight excluding hydrogens is 294 g/mol. The first-order chi connectivity index (χ1) is 11.0. The lowest BCUT2D eigenvalue weighted by atomic mass is 9.89. The van der Waals surface area contributed by atoms with E-state index in [1.54, 1.807) is 29.2 Å². The van der Waals surface area contributed by atoms with Crippen molar-refractivity contribution in [2.24, 2.45) is 17.6 Å². The third-order valence-corrected chi connectivity index (χ3v) is 5.11. The number of nitrogens with zero attached hydrogens (tertiary/aromatic N) is 1. The van der Waals surface area contributed by atoms with Crippen LogP contribution in [0.1, 0.15) is 40.0 Å². The van der Waals surface area contributed by atoms with Crippen LogP contribution in [-0.2, 0) is 4.79 Å². The molecular formula is C17H21N3O3. The van der Waals surface area contributed by atoms with E-state index in [9.17, 15) is 14.4 Å². The molecule has 1 aliphatic heterocycles. The number of carbonyl (C=O) groups excluding carboxylic acids is 3. The zero-order valence-corrected chi connectivity index (χ0v) is 13.1. The minimum absolute atomic E-state index is 0.0658. The standard InChI is InChI=1S/C17H21N3O3/c1-20(14-6-12-8-15(21)19-9-13(12)7-14)17(23)11-4-2-10(3-5-11)16(18)22/h2-5,12-14H,6-9H2,1H3,(H2,18,22)(H,19,21)/t12-,13+,14-/m1/s1. The van der Waals surface area contributed by atoms with E-state index < -0.39 is 5.91 Å². The van der Waals surface area contributed by atoms with Crippen LogP contribution in [0.3, 0.4) is 0 Å². The molecule has 23 heavy (non-hydrogen) atoms. The van der Waals surface area contributed by atoms with Gasteiger partial charge < -0.3 is 16.0 Å². The van der Waals surface area contributed by atoms with Crippen molar-refractivity contribution in [3.8, 4) is 0 Å². The third kappa shape index (κ3) is 3.06. The Balaban J connectivity index is 1.68. The summed E-state index contributed by atoms with van der Waals surface area (Å²) in [5, 5.41) is 2.90. The molecule has 6 heteroatoms. The Morgan fingerprint density at radius 1 is 1.13 bits per heavy atom. The van der Waals surface area contributed by atoms with Gasteiger partial charge in [-0.15, -0.1) is 0 Å². The zero-order valence-electron chi connectivity index (χ0n) is 13.1. The molecule has 0 aromatic heterocycles. The van der Waals surface area contributed by atoms with Gasteiger partial charge in [-0.05, 0) is 48.9 Å². The van der Waals surface area contributed by atoms with Crippen LogP contribution in [0.5, 0.6) is 0 Å². The number of carbonyl (C=O) groups is 3. The van der Waals surface area contributed by atoms with Gasteiger partial charge >= 0.3 is 0 Å². The van der Waals surface area contributed by atoms with Crippen molar-refractivity contribution in [2.75, 3.05) is 13.6 Å². The molecule has 1 aliphatic carbocycles. The minimum atomic E-state index is -0.505. The number of hydrogen-bond donors (Lipinski definition) is 2. The first-order valence-corrected chi connectivity index (χ1v) is 7.89. The number of nitrogens with one attached hydrogen (secondary N) is 1. The second-order valence-electron chi connectivity index (χ2n) is 6.51. The highest BCUT2D eigenvalue weighted by atomic mass is 16.2. The van der Waals surface area contributed by atoms with Gasteiger partial charge in [0.1, 0.15) is 0 Å². The number of fused-ring (bicyclic) bond motifs is 1.